The Hall–Kier alpha value is -4.54. The summed E-state index contributed by atoms with van der Waals surface area (Å²) >= 11 is 0. The molecule has 0 aliphatic carbocycles. The summed E-state index contributed by atoms with van der Waals surface area (Å²) in [6.07, 6.45) is 1.49. The minimum absolute atomic E-state index is 0.155. The van der Waals surface area contributed by atoms with E-state index in [1.807, 2.05) is 6.07 Å². The second-order valence-corrected chi connectivity index (χ2v) is 6.37. The molecule has 2 aromatic carbocycles. The van der Waals surface area contributed by atoms with E-state index in [2.05, 4.69) is 20.6 Å². The molecule has 0 saturated carbocycles. The summed E-state index contributed by atoms with van der Waals surface area (Å²) in [5.41, 5.74) is 1.87. The number of amides is 1. The van der Waals surface area contributed by atoms with Crippen molar-refractivity contribution in [1.82, 2.24) is 19.8 Å². The molecule has 2 heterocycles. The number of methoxy groups -OCH3 is 2. The van der Waals surface area contributed by atoms with Gasteiger partial charge in [-0.2, -0.15) is 9.61 Å². The molecule has 4 aromatic rings. The van der Waals surface area contributed by atoms with Crippen molar-refractivity contribution in [2.24, 2.45) is 0 Å². The van der Waals surface area contributed by atoms with Crippen molar-refractivity contribution in [3.05, 3.63) is 70.5 Å². The molecule has 1 amide bonds. The van der Waals surface area contributed by atoms with Gasteiger partial charge in [-0.1, -0.05) is 12.1 Å². The Bertz CT molecular complexity index is 1300. The topological polar surface area (TPSA) is 134 Å². The summed E-state index contributed by atoms with van der Waals surface area (Å²) in [7, 11) is 2.74. The van der Waals surface area contributed by atoms with Crippen LogP contribution in [0.3, 0.4) is 0 Å². The van der Waals surface area contributed by atoms with Crippen LogP contribution in [0.5, 0.6) is 11.5 Å². The van der Waals surface area contributed by atoms with Crippen LogP contribution in [0.25, 0.3) is 16.9 Å². The highest BCUT2D eigenvalue weighted by Gasteiger charge is 2.24. The molecule has 1 N–H and O–H groups in total. The van der Waals surface area contributed by atoms with Gasteiger partial charge < -0.3 is 14.8 Å². The lowest BCUT2D eigenvalue weighted by Crippen LogP contribution is -2.14. The molecule has 0 bridgehead atoms. The largest absolute Gasteiger partial charge is 0.493 e. The number of nitro benzene ring substituents is 1. The molecule has 0 aliphatic rings. The summed E-state index contributed by atoms with van der Waals surface area (Å²) in [6, 6.07) is 12.9. The number of fused-ring (bicyclic) bond motifs is 1. The van der Waals surface area contributed by atoms with Gasteiger partial charge in [0.15, 0.2) is 17.1 Å². The van der Waals surface area contributed by atoms with Gasteiger partial charge in [0.05, 0.1) is 30.9 Å². The predicted molar refractivity (Wildman–Crippen MR) is 110 cm³/mol. The summed E-state index contributed by atoms with van der Waals surface area (Å²) in [5, 5.41) is 26.3. The second-order valence-electron chi connectivity index (χ2n) is 6.37. The van der Waals surface area contributed by atoms with Crippen LogP contribution in [0, 0.1) is 10.1 Å². The van der Waals surface area contributed by atoms with Crippen molar-refractivity contribution in [3.8, 4) is 22.8 Å². The molecule has 11 heteroatoms. The molecule has 2 aromatic heterocycles. The second kappa shape index (κ2) is 8.06. The Balaban J connectivity index is 1.66. The molecular weight excluding hydrogens is 404 g/mol. The zero-order valence-electron chi connectivity index (χ0n) is 16.5. The number of anilines is 1. The van der Waals surface area contributed by atoms with Crippen molar-refractivity contribution < 1.29 is 19.2 Å². The van der Waals surface area contributed by atoms with Gasteiger partial charge in [-0.15, -0.1) is 10.2 Å². The third-order valence-corrected chi connectivity index (χ3v) is 4.52. The Morgan fingerprint density at radius 2 is 1.87 bits per heavy atom. The fourth-order valence-corrected chi connectivity index (χ4v) is 3.04. The number of ether oxygens (including phenoxy) is 2. The number of benzene rings is 2. The van der Waals surface area contributed by atoms with E-state index in [9.17, 15) is 14.9 Å². The van der Waals surface area contributed by atoms with Crippen molar-refractivity contribution in [2.45, 2.75) is 0 Å². The van der Waals surface area contributed by atoms with E-state index >= 15 is 0 Å². The molecule has 0 atom stereocenters. The maximum atomic E-state index is 12.8. The SMILES string of the molecule is COc1cc(C(=O)Nc2cccc(-c3ccc4nncn4n3)c2)c([N+](=O)[O-])cc1OC. The van der Waals surface area contributed by atoms with Crippen LogP contribution in [0.4, 0.5) is 11.4 Å². The van der Waals surface area contributed by atoms with Gasteiger partial charge in [0.25, 0.3) is 11.6 Å². The maximum absolute atomic E-state index is 12.8. The number of hydrogen-bond donors (Lipinski definition) is 1. The fourth-order valence-electron chi connectivity index (χ4n) is 3.04. The van der Waals surface area contributed by atoms with E-state index in [1.54, 1.807) is 30.3 Å². The summed E-state index contributed by atoms with van der Waals surface area (Å²) in [5.74, 6) is -0.298. The molecule has 11 nitrogen and oxygen atoms in total. The number of rotatable bonds is 6. The Morgan fingerprint density at radius 3 is 2.61 bits per heavy atom. The molecule has 0 saturated heterocycles. The average Bonchev–Trinajstić information content (AvgIpc) is 3.26. The normalized spacial score (nSPS) is 10.6. The van der Waals surface area contributed by atoms with Gasteiger partial charge >= 0.3 is 0 Å². The number of carbonyl (C=O) groups is 1. The Labute approximate surface area is 175 Å². The molecule has 4 rings (SSSR count). The number of carbonyl (C=O) groups excluding carboxylic acids is 1. The lowest BCUT2D eigenvalue weighted by atomic mass is 10.1. The highest BCUT2D eigenvalue weighted by molar-refractivity contribution is 6.07. The molecule has 0 radical (unpaired) electrons. The van der Waals surface area contributed by atoms with Gasteiger partial charge in [0.1, 0.15) is 11.9 Å². The van der Waals surface area contributed by atoms with E-state index in [-0.39, 0.29) is 17.1 Å². The average molecular weight is 420 g/mol. The van der Waals surface area contributed by atoms with Crippen molar-refractivity contribution in [3.63, 3.8) is 0 Å². The van der Waals surface area contributed by atoms with Crippen molar-refractivity contribution in [1.29, 1.82) is 0 Å². The first-order chi connectivity index (χ1) is 15.0. The first-order valence-corrected chi connectivity index (χ1v) is 8.99. The molecular formula is C20H16N6O5. The van der Waals surface area contributed by atoms with E-state index < -0.39 is 16.5 Å². The smallest absolute Gasteiger partial charge is 0.286 e. The zero-order chi connectivity index (χ0) is 22.0. The molecule has 0 aliphatic heterocycles. The van der Waals surface area contributed by atoms with Crippen LogP contribution in [0.1, 0.15) is 10.4 Å². The number of nitrogens with zero attached hydrogens (tertiary/aromatic N) is 5. The van der Waals surface area contributed by atoms with Crippen molar-refractivity contribution in [2.75, 3.05) is 19.5 Å². The number of aromatic nitrogens is 4. The van der Waals surface area contributed by atoms with Gasteiger partial charge in [-0.05, 0) is 24.3 Å². The van der Waals surface area contributed by atoms with Crippen LogP contribution in [0.2, 0.25) is 0 Å². The van der Waals surface area contributed by atoms with E-state index in [0.29, 0.717) is 17.0 Å². The molecule has 156 valence electrons. The highest BCUT2D eigenvalue weighted by Crippen LogP contribution is 2.35. The third kappa shape index (κ3) is 3.83. The molecule has 0 spiro atoms. The molecule has 0 unspecified atom stereocenters. The molecule has 0 fully saturated rings. The zero-order valence-corrected chi connectivity index (χ0v) is 16.5. The van der Waals surface area contributed by atoms with Gasteiger partial charge in [-0.3, -0.25) is 14.9 Å². The summed E-state index contributed by atoms with van der Waals surface area (Å²) in [6.45, 7) is 0. The summed E-state index contributed by atoms with van der Waals surface area (Å²) in [4.78, 5) is 23.7. The van der Waals surface area contributed by atoms with E-state index in [1.165, 1.54) is 31.1 Å². The number of hydrogen-bond acceptors (Lipinski definition) is 8. The minimum atomic E-state index is -0.660. The first-order valence-electron chi connectivity index (χ1n) is 8.99. The van der Waals surface area contributed by atoms with E-state index in [4.69, 9.17) is 9.47 Å². The van der Waals surface area contributed by atoms with Gasteiger partial charge in [0.2, 0.25) is 0 Å². The monoisotopic (exact) mass is 420 g/mol. The first kappa shape index (κ1) is 19.8. The fraction of sp³-hybridized carbons (Fsp3) is 0.100. The summed E-state index contributed by atoms with van der Waals surface area (Å²) < 4.78 is 11.8. The number of nitro groups is 1. The lowest BCUT2D eigenvalue weighted by Gasteiger charge is -2.11. The maximum Gasteiger partial charge on any atom is 0.286 e. The lowest BCUT2D eigenvalue weighted by molar-refractivity contribution is -0.385. The Morgan fingerprint density at radius 1 is 1.10 bits per heavy atom. The van der Waals surface area contributed by atoms with Crippen LogP contribution in [0.15, 0.2) is 54.9 Å². The minimum Gasteiger partial charge on any atom is -0.493 e. The predicted octanol–water partition coefficient (Wildman–Crippen LogP) is 2.97. The Kier molecular flexibility index (Phi) is 5.14. The third-order valence-electron chi connectivity index (χ3n) is 4.52. The van der Waals surface area contributed by atoms with Gasteiger partial charge in [0, 0.05) is 17.3 Å². The van der Waals surface area contributed by atoms with Crippen LogP contribution in [-0.4, -0.2) is 44.9 Å². The van der Waals surface area contributed by atoms with Crippen LogP contribution < -0.4 is 14.8 Å². The quantitative estimate of drug-likeness (QED) is 0.372. The molecule has 31 heavy (non-hydrogen) atoms. The van der Waals surface area contributed by atoms with Crippen LogP contribution >= 0.6 is 0 Å². The van der Waals surface area contributed by atoms with Crippen LogP contribution in [-0.2, 0) is 0 Å². The number of nitrogens with one attached hydrogen (secondary N) is 1. The standard InChI is InChI=1S/C20H16N6O5/c1-30-17-9-14(16(26(28)29)10-18(17)31-2)20(27)22-13-5-3-4-12(8-13)15-6-7-19-23-21-11-25(19)24-15/h3-11H,1-2H3,(H,22,27). The highest BCUT2D eigenvalue weighted by atomic mass is 16.6. The van der Waals surface area contributed by atoms with Crippen molar-refractivity contribution >= 4 is 22.9 Å². The van der Waals surface area contributed by atoms with Gasteiger partial charge in [-0.25, -0.2) is 0 Å². The van der Waals surface area contributed by atoms with E-state index in [0.717, 1.165) is 11.6 Å².